The number of hydrogen-bond acceptors (Lipinski definition) is 4. The van der Waals surface area contributed by atoms with Crippen molar-refractivity contribution in [1.29, 1.82) is 0 Å². The summed E-state index contributed by atoms with van der Waals surface area (Å²) >= 11 is 3.88. The average molecular weight is 737 g/mol. The molecule has 2 atom stereocenters. The summed E-state index contributed by atoms with van der Waals surface area (Å²) in [6.45, 7) is 4.59. The van der Waals surface area contributed by atoms with E-state index >= 15 is 0 Å². The van der Waals surface area contributed by atoms with Crippen molar-refractivity contribution in [3.8, 4) is 22.3 Å². The molecule has 264 valence electrons. The lowest BCUT2D eigenvalue weighted by molar-refractivity contribution is 0.237. The maximum Gasteiger partial charge on any atom is 0.0542 e. The Morgan fingerprint density at radius 1 is 0.389 bits per heavy atom. The zero-order chi connectivity index (χ0) is 36.5. The first-order chi connectivity index (χ1) is 26.5. The Morgan fingerprint density at radius 2 is 0.741 bits per heavy atom. The van der Waals surface area contributed by atoms with Gasteiger partial charge in [0.2, 0.25) is 0 Å². The Labute approximate surface area is 322 Å². The van der Waals surface area contributed by atoms with E-state index < -0.39 is 0 Å². The van der Waals surface area contributed by atoms with Crippen LogP contribution >= 0.6 is 22.7 Å². The van der Waals surface area contributed by atoms with Gasteiger partial charge in [-0.05, 0) is 102 Å². The Balaban J connectivity index is 1.35. The first kappa shape index (κ1) is 33.5. The Morgan fingerprint density at radius 3 is 1.13 bits per heavy atom. The molecule has 10 aromatic rings. The van der Waals surface area contributed by atoms with Gasteiger partial charge in [0.25, 0.3) is 0 Å². The van der Waals surface area contributed by atoms with Crippen molar-refractivity contribution >= 4 is 95.3 Å². The first-order valence-electron chi connectivity index (χ1n) is 19.0. The summed E-state index contributed by atoms with van der Waals surface area (Å²) in [5.74, 6) is 0.300. The molecule has 0 aliphatic rings. The molecule has 4 heteroatoms. The van der Waals surface area contributed by atoms with Gasteiger partial charge in [-0.2, -0.15) is 0 Å². The largest absolute Gasteiger partial charge is 0.396 e. The van der Waals surface area contributed by atoms with Crippen LogP contribution < -0.4 is 0 Å². The fourth-order valence-electron chi connectivity index (χ4n) is 8.80. The van der Waals surface area contributed by atoms with Crippen LogP contribution in [0.4, 0.5) is 0 Å². The summed E-state index contributed by atoms with van der Waals surface area (Å²) < 4.78 is 5.32. The average Bonchev–Trinajstić information content (AvgIpc) is 3.75. The summed E-state index contributed by atoms with van der Waals surface area (Å²) in [6.07, 6.45) is 1.61. The van der Waals surface area contributed by atoms with Gasteiger partial charge >= 0.3 is 0 Å². The SMILES string of the molecule is CC(CO)Cc1ccc2ccccc2c1-c1c2ccccc2cc2c1sc1c3cc4ccccc4c(-c4c(CC(C)CO)ccc5ccccc45)c3sc21. The second-order valence-corrected chi connectivity index (χ2v) is 17.2. The maximum absolute atomic E-state index is 10.2. The molecule has 0 fully saturated rings. The van der Waals surface area contributed by atoms with Gasteiger partial charge in [-0.1, -0.05) is 135 Å². The van der Waals surface area contributed by atoms with Crippen molar-refractivity contribution < 1.29 is 10.2 Å². The normalized spacial score (nSPS) is 13.3. The van der Waals surface area contributed by atoms with Gasteiger partial charge in [0, 0.05) is 44.5 Å². The van der Waals surface area contributed by atoms with Crippen LogP contribution in [0.2, 0.25) is 0 Å². The first-order valence-corrected chi connectivity index (χ1v) is 20.6. The van der Waals surface area contributed by atoms with E-state index in [4.69, 9.17) is 0 Å². The third kappa shape index (κ3) is 5.27. The predicted molar refractivity (Wildman–Crippen MR) is 236 cm³/mol. The molecular formula is C50H40O2S2. The molecular weight excluding hydrogens is 697 g/mol. The lowest BCUT2D eigenvalue weighted by Crippen LogP contribution is -2.06. The van der Waals surface area contributed by atoms with E-state index in [-0.39, 0.29) is 25.0 Å². The zero-order valence-corrected chi connectivity index (χ0v) is 32.0. The van der Waals surface area contributed by atoms with Gasteiger partial charge in [0.15, 0.2) is 0 Å². The van der Waals surface area contributed by atoms with Crippen LogP contribution in [0.1, 0.15) is 25.0 Å². The minimum absolute atomic E-state index is 0.150. The number of aliphatic hydroxyl groups is 2. The van der Waals surface area contributed by atoms with E-state index in [2.05, 4.69) is 147 Å². The van der Waals surface area contributed by atoms with Gasteiger partial charge in [-0.15, -0.1) is 22.7 Å². The molecule has 0 radical (unpaired) electrons. The van der Waals surface area contributed by atoms with E-state index in [1.54, 1.807) is 0 Å². The van der Waals surface area contributed by atoms with Gasteiger partial charge < -0.3 is 10.2 Å². The fraction of sp³-hybridized carbons (Fsp3) is 0.160. The lowest BCUT2D eigenvalue weighted by atomic mass is 9.86. The molecule has 10 rings (SSSR count). The molecule has 0 aliphatic heterocycles. The van der Waals surface area contributed by atoms with Crippen LogP contribution in [0.3, 0.4) is 0 Å². The smallest absolute Gasteiger partial charge is 0.0542 e. The third-order valence-corrected chi connectivity index (χ3v) is 14.0. The van der Waals surface area contributed by atoms with Crippen molar-refractivity contribution in [2.24, 2.45) is 11.8 Å². The van der Waals surface area contributed by atoms with Crippen LogP contribution in [0.15, 0.2) is 133 Å². The molecule has 0 aliphatic carbocycles. The lowest BCUT2D eigenvalue weighted by Gasteiger charge is -2.19. The molecule has 2 aromatic heterocycles. The van der Waals surface area contributed by atoms with Crippen LogP contribution in [0.5, 0.6) is 0 Å². The summed E-state index contributed by atoms with van der Waals surface area (Å²) in [5.41, 5.74) is 7.75. The van der Waals surface area contributed by atoms with Crippen LogP contribution in [-0.2, 0) is 12.8 Å². The minimum Gasteiger partial charge on any atom is -0.396 e. The highest BCUT2D eigenvalue weighted by Crippen LogP contribution is 2.54. The van der Waals surface area contributed by atoms with Crippen molar-refractivity contribution in [3.05, 3.63) is 145 Å². The summed E-state index contributed by atoms with van der Waals surface area (Å²) in [4.78, 5) is 0. The summed E-state index contributed by atoms with van der Waals surface area (Å²) in [5, 5.41) is 33.0. The molecule has 2 heterocycles. The molecule has 2 nitrogen and oxygen atoms in total. The number of benzene rings is 8. The van der Waals surface area contributed by atoms with E-state index in [0.29, 0.717) is 0 Å². The minimum atomic E-state index is 0.150. The maximum atomic E-state index is 10.2. The number of thiophene rings is 2. The van der Waals surface area contributed by atoms with E-state index in [0.717, 1.165) is 12.8 Å². The number of rotatable bonds is 8. The molecule has 0 spiro atoms. The van der Waals surface area contributed by atoms with Crippen molar-refractivity contribution in [2.75, 3.05) is 13.2 Å². The quantitative estimate of drug-likeness (QED) is 0.163. The van der Waals surface area contributed by atoms with Crippen LogP contribution in [0.25, 0.3) is 94.9 Å². The van der Waals surface area contributed by atoms with Crippen molar-refractivity contribution in [2.45, 2.75) is 26.7 Å². The Hall–Kier alpha value is -5.10. The van der Waals surface area contributed by atoms with Gasteiger partial charge in [-0.25, -0.2) is 0 Å². The Kier molecular flexibility index (Phi) is 8.26. The molecule has 0 saturated carbocycles. The second kappa shape index (κ2) is 13.3. The second-order valence-electron chi connectivity index (χ2n) is 15.2. The summed E-state index contributed by atoms with van der Waals surface area (Å²) in [7, 11) is 0. The number of aliphatic hydroxyl groups excluding tert-OH is 2. The molecule has 54 heavy (non-hydrogen) atoms. The molecule has 0 bridgehead atoms. The van der Waals surface area contributed by atoms with E-state index in [1.807, 2.05) is 22.7 Å². The molecule has 8 aromatic carbocycles. The number of hydrogen-bond donors (Lipinski definition) is 2. The molecule has 0 amide bonds. The molecule has 2 N–H and O–H groups in total. The molecule has 0 saturated heterocycles. The third-order valence-electron chi connectivity index (χ3n) is 11.4. The fourth-order valence-corrected chi connectivity index (χ4v) is 11.7. The van der Waals surface area contributed by atoms with Crippen molar-refractivity contribution in [1.82, 2.24) is 0 Å². The predicted octanol–water partition coefficient (Wildman–Crippen LogP) is 13.6. The van der Waals surface area contributed by atoms with Gasteiger partial charge in [0.1, 0.15) is 0 Å². The number of fused-ring (bicyclic) bond motifs is 9. The van der Waals surface area contributed by atoms with E-state index in [9.17, 15) is 10.2 Å². The van der Waals surface area contributed by atoms with Crippen LogP contribution in [0, 0.1) is 11.8 Å². The van der Waals surface area contributed by atoms with Gasteiger partial charge in [0.05, 0.1) is 9.40 Å². The summed E-state index contributed by atoms with van der Waals surface area (Å²) in [6, 6.07) is 49.2. The highest BCUT2D eigenvalue weighted by atomic mass is 32.1. The van der Waals surface area contributed by atoms with Crippen LogP contribution in [-0.4, -0.2) is 23.4 Å². The molecule has 2 unspecified atom stereocenters. The van der Waals surface area contributed by atoms with Crippen molar-refractivity contribution in [3.63, 3.8) is 0 Å². The highest BCUT2D eigenvalue weighted by molar-refractivity contribution is 7.37. The standard InChI is InChI=1S/C50H40O2S2/c1-29(27-51)23-35-21-19-31-11-3-7-15-37(31)43(35)45-39-17-9-5-13-33(39)25-41-47(45)53-50-42-26-34-14-6-10-18-40(34)46(48(42)54-49(41)50)44-36(24-30(2)28-52)22-20-32-12-4-8-16-38(32)44/h3-22,25-26,29-30,51-52H,23-24,27-28H2,1-2H3. The highest BCUT2D eigenvalue weighted by Gasteiger charge is 2.25. The Bertz CT molecular complexity index is 2870. The van der Waals surface area contributed by atoms with E-state index in [1.165, 1.54) is 106 Å². The topological polar surface area (TPSA) is 40.5 Å². The van der Waals surface area contributed by atoms with Gasteiger partial charge in [-0.3, -0.25) is 0 Å². The monoisotopic (exact) mass is 736 g/mol. The zero-order valence-electron chi connectivity index (χ0n) is 30.4.